The molecule has 1 saturated heterocycles. The second kappa shape index (κ2) is 6.11. The molecule has 3 nitrogen and oxygen atoms in total. The van der Waals surface area contributed by atoms with Gasteiger partial charge >= 0.3 is 0 Å². The highest BCUT2D eigenvalue weighted by Gasteiger charge is 2.33. The number of halogens is 1. The molecule has 1 aliphatic carbocycles. The van der Waals surface area contributed by atoms with Gasteiger partial charge in [-0.3, -0.25) is 0 Å². The average molecular weight is 301 g/mol. The van der Waals surface area contributed by atoms with Crippen LogP contribution in [0.25, 0.3) is 0 Å². The van der Waals surface area contributed by atoms with Crippen molar-refractivity contribution < 1.29 is 4.39 Å². The molecule has 2 aliphatic heterocycles. The molecule has 1 fully saturated rings. The third-order valence-electron chi connectivity index (χ3n) is 5.36. The summed E-state index contributed by atoms with van der Waals surface area (Å²) in [6, 6.07) is 8.18. The van der Waals surface area contributed by atoms with Crippen molar-refractivity contribution in [2.75, 3.05) is 26.2 Å². The summed E-state index contributed by atoms with van der Waals surface area (Å²) in [6.45, 7) is 4.20. The van der Waals surface area contributed by atoms with Gasteiger partial charge in [0.15, 0.2) is 0 Å². The second-order valence-electron chi connectivity index (χ2n) is 6.83. The van der Waals surface area contributed by atoms with Gasteiger partial charge in [-0.1, -0.05) is 17.7 Å². The number of hydrogen-bond acceptors (Lipinski definition) is 3. The predicted molar refractivity (Wildman–Crippen MR) is 86.5 cm³/mol. The third-order valence-corrected chi connectivity index (χ3v) is 5.36. The monoisotopic (exact) mass is 301 g/mol. The zero-order chi connectivity index (χ0) is 14.9. The van der Waals surface area contributed by atoms with E-state index < -0.39 is 0 Å². The molecule has 0 amide bonds. The van der Waals surface area contributed by atoms with Crippen LogP contribution >= 0.6 is 0 Å². The molecule has 3 N–H and O–H groups in total. The Labute approximate surface area is 131 Å². The maximum atomic E-state index is 13.6. The zero-order valence-corrected chi connectivity index (χ0v) is 12.9. The van der Waals surface area contributed by atoms with Gasteiger partial charge in [0.05, 0.1) is 0 Å². The van der Waals surface area contributed by atoms with Gasteiger partial charge in [0.1, 0.15) is 5.82 Å². The minimum absolute atomic E-state index is 0.119. The minimum Gasteiger partial charge on any atom is -0.315 e. The molecule has 118 valence electrons. The molecule has 3 atom stereocenters. The molecule has 0 saturated carbocycles. The first kappa shape index (κ1) is 14.4. The Balaban J connectivity index is 1.56. The smallest absolute Gasteiger partial charge is 0.123 e. The molecule has 22 heavy (non-hydrogen) atoms. The van der Waals surface area contributed by atoms with Crippen LogP contribution in [0.1, 0.15) is 30.7 Å². The molecule has 4 heteroatoms. The fraction of sp³-hybridized carbons (Fsp3) is 0.556. The molecule has 2 heterocycles. The Morgan fingerprint density at radius 3 is 2.95 bits per heavy atom. The molecule has 0 spiro atoms. The van der Waals surface area contributed by atoms with Gasteiger partial charge in [-0.2, -0.15) is 0 Å². The summed E-state index contributed by atoms with van der Waals surface area (Å²) in [6.07, 6.45) is 3.37. The summed E-state index contributed by atoms with van der Waals surface area (Å²) in [5.74, 6) is 0.313. The van der Waals surface area contributed by atoms with Crippen molar-refractivity contribution >= 4 is 0 Å². The van der Waals surface area contributed by atoms with Crippen LogP contribution in [0, 0.1) is 5.82 Å². The molecule has 1 aromatic rings. The lowest BCUT2D eigenvalue weighted by Gasteiger charge is -2.33. The first-order valence-electron chi connectivity index (χ1n) is 8.43. The van der Waals surface area contributed by atoms with Crippen LogP contribution in [0.3, 0.4) is 0 Å². The first-order valence-corrected chi connectivity index (χ1v) is 8.43. The SMILES string of the molecule is Fc1cccc(C2CC3=C(CNC3)C(NC3CCNC3)C2)c1. The molecule has 0 bridgehead atoms. The van der Waals surface area contributed by atoms with Crippen molar-refractivity contribution in [1.29, 1.82) is 0 Å². The second-order valence-corrected chi connectivity index (χ2v) is 6.83. The lowest BCUT2D eigenvalue weighted by molar-refractivity contribution is 0.409. The molecule has 0 radical (unpaired) electrons. The Bertz CT molecular complexity index is 577. The van der Waals surface area contributed by atoms with Gasteiger partial charge in [-0.15, -0.1) is 0 Å². The van der Waals surface area contributed by atoms with E-state index in [1.54, 1.807) is 17.2 Å². The highest BCUT2D eigenvalue weighted by atomic mass is 19.1. The Hall–Kier alpha value is -1.23. The number of nitrogens with one attached hydrogen (secondary N) is 3. The molecule has 0 aromatic heterocycles. The highest BCUT2D eigenvalue weighted by Crippen LogP contribution is 2.38. The quantitative estimate of drug-likeness (QED) is 0.747. The molecule has 3 unspecified atom stereocenters. The van der Waals surface area contributed by atoms with Crippen LogP contribution in [-0.4, -0.2) is 38.3 Å². The van der Waals surface area contributed by atoms with E-state index in [2.05, 4.69) is 22.0 Å². The minimum atomic E-state index is -0.119. The summed E-state index contributed by atoms with van der Waals surface area (Å²) in [5, 5.41) is 10.8. The standard InChI is InChI=1S/C18H24FN3/c19-15-3-1-2-12(7-15)13-6-14-9-21-11-17(14)18(8-13)22-16-4-5-20-10-16/h1-3,7,13,16,18,20-22H,4-6,8-11H2. The van der Waals surface area contributed by atoms with Crippen LogP contribution < -0.4 is 16.0 Å². The average Bonchev–Trinajstić information content (AvgIpc) is 3.18. The van der Waals surface area contributed by atoms with Gasteiger partial charge in [0.25, 0.3) is 0 Å². The molecular formula is C18H24FN3. The van der Waals surface area contributed by atoms with Crippen molar-refractivity contribution in [1.82, 2.24) is 16.0 Å². The zero-order valence-electron chi connectivity index (χ0n) is 12.9. The highest BCUT2D eigenvalue weighted by molar-refractivity contribution is 5.35. The van der Waals surface area contributed by atoms with Crippen LogP contribution in [0.2, 0.25) is 0 Å². The van der Waals surface area contributed by atoms with E-state index in [1.165, 1.54) is 12.5 Å². The van der Waals surface area contributed by atoms with E-state index in [0.29, 0.717) is 18.0 Å². The lowest BCUT2D eigenvalue weighted by atomic mass is 9.78. The van der Waals surface area contributed by atoms with Crippen LogP contribution in [0.5, 0.6) is 0 Å². The molecule has 1 aromatic carbocycles. The van der Waals surface area contributed by atoms with Gasteiger partial charge in [0.2, 0.25) is 0 Å². The van der Waals surface area contributed by atoms with Gasteiger partial charge < -0.3 is 16.0 Å². The topological polar surface area (TPSA) is 36.1 Å². The summed E-state index contributed by atoms with van der Waals surface area (Å²) in [7, 11) is 0. The normalized spacial score (nSPS) is 31.6. The van der Waals surface area contributed by atoms with E-state index in [9.17, 15) is 4.39 Å². The Kier molecular flexibility index (Phi) is 3.99. The van der Waals surface area contributed by atoms with Crippen LogP contribution in [-0.2, 0) is 0 Å². The summed E-state index contributed by atoms with van der Waals surface area (Å²) in [4.78, 5) is 0. The summed E-state index contributed by atoms with van der Waals surface area (Å²) < 4.78 is 13.6. The van der Waals surface area contributed by atoms with Gasteiger partial charge in [-0.05, 0) is 55.0 Å². The summed E-state index contributed by atoms with van der Waals surface area (Å²) in [5.41, 5.74) is 4.26. The van der Waals surface area contributed by atoms with Crippen molar-refractivity contribution in [3.8, 4) is 0 Å². The van der Waals surface area contributed by atoms with Crippen molar-refractivity contribution in [2.45, 2.75) is 37.3 Å². The van der Waals surface area contributed by atoms with Crippen LogP contribution in [0.4, 0.5) is 4.39 Å². The van der Waals surface area contributed by atoms with E-state index in [-0.39, 0.29) is 5.82 Å². The molecule has 4 rings (SSSR count). The van der Waals surface area contributed by atoms with Crippen molar-refractivity contribution in [3.05, 3.63) is 46.8 Å². The fourth-order valence-electron chi connectivity index (χ4n) is 4.23. The lowest BCUT2D eigenvalue weighted by Crippen LogP contribution is -2.43. The van der Waals surface area contributed by atoms with E-state index in [4.69, 9.17) is 0 Å². The molecular weight excluding hydrogens is 277 g/mol. The summed E-state index contributed by atoms with van der Waals surface area (Å²) >= 11 is 0. The predicted octanol–water partition coefficient (Wildman–Crippen LogP) is 1.92. The van der Waals surface area contributed by atoms with Crippen LogP contribution in [0.15, 0.2) is 35.4 Å². The van der Waals surface area contributed by atoms with Crippen molar-refractivity contribution in [2.24, 2.45) is 0 Å². The first-order chi connectivity index (χ1) is 10.8. The van der Waals surface area contributed by atoms with Gasteiger partial charge in [0, 0.05) is 31.7 Å². The third kappa shape index (κ3) is 2.83. The van der Waals surface area contributed by atoms with E-state index >= 15 is 0 Å². The maximum absolute atomic E-state index is 13.6. The van der Waals surface area contributed by atoms with E-state index in [1.807, 2.05) is 6.07 Å². The van der Waals surface area contributed by atoms with Gasteiger partial charge in [-0.25, -0.2) is 4.39 Å². The Morgan fingerprint density at radius 1 is 1.18 bits per heavy atom. The number of hydrogen-bond donors (Lipinski definition) is 3. The van der Waals surface area contributed by atoms with E-state index in [0.717, 1.165) is 44.6 Å². The fourth-order valence-corrected chi connectivity index (χ4v) is 4.23. The molecule has 3 aliphatic rings. The Morgan fingerprint density at radius 2 is 2.14 bits per heavy atom. The largest absolute Gasteiger partial charge is 0.315 e. The number of rotatable bonds is 3. The van der Waals surface area contributed by atoms with Crippen molar-refractivity contribution in [3.63, 3.8) is 0 Å². The maximum Gasteiger partial charge on any atom is 0.123 e. The number of benzene rings is 1.